The molecule has 0 fully saturated rings. The van der Waals surface area contributed by atoms with Crippen molar-refractivity contribution in [3.05, 3.63) is 29.3 Å². The lowest BCUT2D eigenvalue weighted by atomic mass is 10.1. The lowest BCUT2D eigenvalue weighted by Crippen LogP contribution is -2.19. The van der Waals surface area contributed by atoms with Gasteiger partial charge in [-0.3, -0.25) is 0 Å². The molecule has 0 saturated heterocycles. The fraction of sp³-hybridized carbons (Fsp3) is 0.500. The molecule has 0 radical (unpaired) electrons. The van der Waals surface area contributed by atoms with E-state index in [0.29, 0.717) is 5.75 Å². The van der Waals surface area contributed by atoms with E-state index in [2.05, 4.69) is 4.74 Å². The van der Waals surface area contributed by atoms with Crippen molar-refractivity contribution in [1.29, 1.82) is 0 Å². The quantitative estimate of drug-likeness (QED) is 0.656. The monoisotopic (exact) mass is 263 g/mol. The molecule has 1 aromatic carbocycles. The van der Waals surface area contributed by atoms with E-state index in [1.807, 2.05) is 13.0 Å². The smallest absolute Gasteiger partial charge is 0.411 e. The van der Waals surface area contributed by atoms with Crippen molar-refractivity contribution in [2.45, 2.75) is 26.1 Å². The highest BCUT2D eigenvalue weighted by atomic mass is 19.4. The first-order valence-corrected chi connectivity index (χ1v) is 5.43. The highest BCUT2D eigenvalue weighted by molar-refractivity contribution is 5.37. The van der Waals surface area contributed by atoms with Crippen LogP contribution in [0.25, 0.3) is 0 Å². The van der Waals surface area contributed by atoms with Gasteiger partial charge in [-0.05, 0) is 31.0 Å². The Labute approximate surface area is 104 Å². The molecule has 0 aliphatic rings. The fourth-order valence-electron chi connectivity index (χ4n) is 1.38. The van der Waals surface area contributed by atoms with Gasteiger partial charge in [0.15, 0.2) is 6.79 Å². The molecular formula is C12H16F3NO2. The number of ether oxygens (including phenoxy) is 2. The van der Waals surface area contributed by atoms with E-state index in [4.69, 9.17) is 10.5 Å². The number of nitrogens with two attached hydrogens (primary N) is 1. The summed E-state index contributed by atoms with van der Waals surface area (Å²) in [4.78, 5) is 0. The second kappa shape index (κ2) is 6.06. The van der Waals surface area contributed by atoms with Crippen LogP contribution < -0.4 is 10.5 Å². The van der Waals surface area contributed by atoms with Crippen LogP contribution >= 0.6 is 0 Å². The Balaban J connectivity index is 2.48. The molecule has 0 spiro atoms. The van der Waals surface area contributed by atoms with E-state index in [1.54, 1.807) is 19.1 Å². The van der Waals surface area contributed by atoms with Gasteiger partial charge in [0.1, 0.15) is 12.4 Å². The third-order valence-electron chi connectivity index (χ3n) is 2.29. The Bertz CT molecular complexity index is 391. The van der Waals surface area contributed by atoms with Crippen LogP contribution in [-0.2, 0) is 4.74 Å². The highest BCUT2D eigenvalue weighted by Gasteiger charge is 2.27. The third kappa shape index (κ3) is 4.93. The van der Waals surface area contributed by atoms with Crippen molar-refractivity contribution in [3.63, 3.8) is 0 Å². The van der Waals surface area contributed by atoms with E-state index in [9.17, 15) is 13.2 Å². The molecule has 0 aromatic heterocycles. The minimum absolute atomic E-state index is 0.0979. The van der Waals surface area contributed by atoms with Crippen LogP contribution in [0.5, 0.6) is 5.75 Å². The summed E-state index contributed by atoms with van der Waals surface area (Å²) in [6.07, 6.45) is -4.34. The number of hydrogen-bond donors (Lipinski definition) is 1. The van der Waals surface area contributed by atoms with Crippen molar-refractivity contribution >= 4 is 0 Å². The first-order valence-electron chi connectivity index (χ1n) is 5.43. The lowest BCUT2D eigenvalue weighted by Gasteiger charge is -2.13. The van der Waals surface area contributed by atoms with E-state index < -0.39 is 19.6 Å². The molecule has 0 aliphatic carbocycles. The molecule has 0 bridgehead atoms. The summed E-state index contributed by atoms with van der Waals surface area (Å²) in [5.41, 5.74) is 7.46. The predicted octanol–water partition coefficient (Wildman–Crippen LogP) is 2.93. The van der Waals surface area contributed by atoms with E-state index in [0.717, 1.165) is 11.1 Å². The number of rotatable bonds is 5. The Morgan fingerprint density at radius 1 is 1.33 bits per heavy atom. The molecule has 102 valence electrons. The van der Waals surface area contributed by atoms with Gasteiger partial charge in [-0.2, -0.15) is 13.2 Å². The zero-order valence-corrected chi connectivity index (χ0v) is 10.3. The van der Waals surface area contributed by atoms with Crippen molar-refractivity contribution in [2.24, 2.45) is 5.73 Å². The van der Waals surface area contributed by atoms with Gasteiger partial charge in [-0.25, -0.2) is 0 Å². The maximum atomic E-state index is 11.8. The van der Waals surface area contributed by atoms with E-state index in [-0.39, 0.29) is 6.04 Å². The minimum Gasteiger partial charge on any atom is -0.467 e. The molecule has 0 amide bonds. The number of benzene rings is 1. The van der Waals surface area contributed by atoms with Gasteiger partial charge < -0.3 is 15.2 Å². The standard InChI is InChI=1S/C12H16F3NO2/c1-8-5-10(9(2)16)3-4-11(8)18-7-17-6-12(13,14)15/h3-5,9H,6-7,16H2,1-2H3/t9-/m0/s1. The van der Waals surface area contributed by atoms with Crippen LogP contribution in [-0.4, -0.2) is 19.6 Å². The van der Waals surface area contributed by atoms with Crippen LogP contribution in [0.2, 0.25) is 0 Å². The summed E-state index contributed by atoms with van der Waals surface area (Å²) in [6, 6.07) is 5.19. The van der Waals surface area contributed by atoms with Crippen molar-refractivity contribution < 1.29 is 22.6 Å². The molecule has 0 aliphatic heterocycles. The van der Waals surface area contributed by atoms with Gasteiger partial charge in [0.2, 0.25) is 0 Å². The largest absolute Gasteiger partial charge is 0.467 e. The number of halogens is 3. The van der Waals surface area contributed by atoms with Crippen LogP contribution in [0.1, 0.15) is 24.1 Å². The normalized spacial score (nSPS) is 13.4. The summed E-state index contributed by atoms with van der Waals surface area (Å²) in [5.74, 6) is 0.488. The Hall–Kier alpha value is -1.27. The summed E-state index contributed by atoms with van der Waals surface area (Å²) < 4.78 is 44.9. The third-order valence-corrected chi connectivity index (χ3v) is 2.29. The molecule has 1 aromatic rings. The molecule has 1 rings (SSSR count). The van der Waals surface area contributed by atoms with Gasteiger partial charge in [-0.15, -0.1) is 0 Å². The average Bonchev–Trinajstić information content (AvgIpc) is 2.24. The summed E-state index contributed by atoms with van der Waals surface area (Å²) >= 11 is 0. The van der Waals surface area contributed by atoms with Crippen LogP contribution in [0.15, 0.2) is 18.2 Å². The van der Waals surface area contributed by atoms with Crippen molar-refractivity contribution in [3.8, 4) is 5.75 Å². The topological polar surface area (TPSA) is 44.5 Å². The minimum atomic E-state index is -4.34. The van der Waals surface area contributed by atoms with E-state index in [1.165, 1.54) is 0 Å². The zero-order valence-electron chi connectivity index (χ0n) is 10.3. The van der Waals surface area contributed by atoms with Crippen LogP contribution in [0.3, 0.4) is 0 Å². The molecule has 0 heterocycles. The lowest BCUT2D eigenvalue weighted by molar-refractivity contribution is -0.186. The molecule has 18 heavy (non-hydrogen) atoms. The SMILES string of the molecule is Cc1cc([C@H](C)N)ccc1OCOCC(F)(F)F. The average molecular weight is 263 g/mol. The molecule has 1 atom stereocenters. The maximum Gasteiger partial charge on any atom is 0.411 e. The predicted molar refractivity (Wildman–Crippen MR) is 61.3 cm³/mol. The van der Waals surface area contributed by atoms with Gasteiger partial charge in [0.05, 0.1) is 0 Å². The first-order chi connectivity index (χ1) is 8.29. The molecule has 0 saturated carbocycles. The van der Waals surface area contributed by atoms with Crippen molar-refractivity contribution in [2.75, 3.05) is 13.4 Å². The van der Waals surface area contributed by atoms with Crippen LogP contribution in [0.4, 0.5) is 13.2 Å². The fourth-order valence-corrected chi connectivity index (χ4v) is 1.38. The molecular weight excluding hydrogens is 247 g/mol. The highest BCUT2D eigenvalue weighted by Crippen LogP contribution is 2.22. The molecule has 3 nitrogen and oxygen atoms in total. The second-order valence-corrected chi connectivity index (χ2v) is 4.04. The Morgan fingerprint density at radius 3 is 2.50 bits per heavy atom. The van der Waals surface area contributed by atoms with Gasteiger partial charge >= 0.3 is 6.18 Å². The summed E-state index contributed by atoms with van der Waals surface area (Å²) in [6.45, 7) is 1.90. The number of aryl methyl sites for hydroxylation is 1. The Morgan fingerprint density at radius 2 is 2.00 bits per heavy atom. The van der Waals surface area contributed by atoms with Gasteiger partial charge in [-0.1, -0.05) is 12.1 Å². The number of hydrogen-bond acceptors (Lipinski definition) is 3. The van der Waals surface area contributed by atoms with Crippen LogP contribution in [0, 0.1) is 6.92 Å². The summed E-state index contributed by atoms with van der Waals surface area (Å²) in [7, 11) is 0. The Kier molecular flexibility index (Phi) is 4.98. The number of alkyl halides is 3. The van der Waals surface area contributed by atoms with Gasteiger partial charge in [0, 0.05) is 6.04 Å². The molecule has 2 N–H and O–H groups in total. The summed E-state index contributed by atoms with van der Waals surface area (Å²) in [5, 5.41) is 0. The van der Waals surface area contributed by atoms with Gasteiger partial charge in [0.25, 0.3) is 0 Å². The maximum absolute atomic E-state index is 11.8. The molecule has 6 heteroatoms. The second-order valence-electron chi connectivity index (χ2n) is 4.04. The zero-order chi connectivity index (χ0) is 13.8. The first kappa shape index (κ1) is 14.8. The van der Waals surface area contributed by atoms with Crippen molar-refractivity contribution in [1.82, 2.24) is 0 Å². The van der Waals surface area contributed by atoms with E-state index >= 15 is 0 Å². The molecule has 0 unspecified atom stereocenters.